The molecule has 100 valence electrons. The summed E-state index contributed by atoms with van der Waals surface area (Å²) in [5.41, 5.74) is 2.56. The van der Waals surface area contributed by atoms with E-state index in [4.69, 9.17) is 9.47 Å². The molecule has 0 aromatic carbocycles. The largest absolute Gasteiger partial charge is 0.354 e. The fourth-order valence-corrected chi connectivity index (χ4v) is 2.91. The minimum atomic E-state index is -0.243. The van der Waals surface area contributed by atoms with Crippen molar-refractivity contribution in [1.29, 1.82) is 0 Å². The van der Waals surface area contributed by atoms with E-state index in [0.717, 1.165) is 12.8 Å². The predicted molar refractivity (Wildman–Crippen MR) is 70.6 cm³/mol. The molecule has 0 fully saturated rings. The van der Waals surface area contributed by atoms with Gasteiger partial charge in [-0.05, 0) is 37.9 Å². The molecule has 2 atom stereocenters. The zero-order valence-electron chi connectivity index (χ0n) is 11.3. The van der Waals surface area contributed by atoms with Gasteiger partial charge in [0, 0.05) is 32.0 Å². The number of fused-ring (bicyclic) bond motifs is 1. The molecular formula is C14H22N2O2. The molecule has 4 heteroatoms. The molecule has 1 heterocycles. The third kappa shape index (κ3) is 2.55. The Kier molecular flexibility index (Phi) is 4.69. The van der Waals surface area contributed by atoms with Gasteiger partial charge in [0.1, 0.15) is 0 Å². The molecule has 1 aliphatic carbocycles. The Labute approximate surface area is 109 Å². The second-order valence-electron chi connectivity index (χ2n) is 4.70. The third-order valence-electron chi connectivity index (χ3n) is 3.76. The number of aryl methyl sites for hydroxylation is 1. The molecule has 1 N–H and O–H groups in total. The van der Waals surface area contributed by atoms with Crippen molar-refractivity contribution in [3.05, 3.63) is 29.6 Å². The van der Waals surface area contributed by atoms with Crippen LogP contribution in [0.25, 0.3) is 0 Å². The topological polar surface area (TPSA) is 43.4 Å². The Morgan fingerprint density at radius 2 is 2.17 bits per heavy atom. The summed E-state index contributed by atoms with van der Waals surface area (Å²) in [5, 5.41) is 3.32. The molecule has 0 amide bonds. The summed E-state index contributed by atoms with van der Waals surface area (Å²) in [5.74, 6) is 0.352. The van der Waals surface area contributed by atoms with Crippen LogP contribution in [0.3, 0.4) is 0 Å². The summed E-state index contributed by atoms with van der Waals surface area (Å²) in [4.78, 5) is 4.57. The van der Waals surface area contributed by atoms with Gasteiger partial charge in [-0.3, -0.25) is 4.98 Å². The van der Waals surface area contributed by atoms with Crippen LogP contribution in [0.15, 0.2) is 18.3 Å². The first kappa shape index (κ1) is 13.5. The lowest BCUT2D eigenvalue weighted by molar-refractivity contribution is -0.127. The van der Waals surface area contributed by atoms with Gasteiger partial charge in [-0.2, -0.15) is 0 Å². The van der Waals surface area contributed by atoms with E-state index in [0.29, 0.717) is 5.92 Å². The second-order valence-corrected chi connectivity index (χ2v) is 4.70. The van der Waals surface area contributed by atoms with E-state index >= 15 is 0 Å². The lowest BCUT2D eigenvalue weighted by Gasteiger charge is -2.34. The van der Waals surface area contributed by atoms with Crippen molar-refractivity contribution in [2.45, 2.75) is 37.5 Å². The van der Waals surface area contributed by atoms with E-state index in [9.17, 15) is 0 Å². The number of nitrogens with zero attached hydrogens (tertiary/aromatic N) is 1. The highest BCUT2D eigenvalue weighted by Crippen LogP contribution is 2.33. The predicted octanol–water partition coefficient (Wildman–Crippen LogP) is 1.71. The van der Waals surface area contributed by atoms with Gasteiger partial charge in [-0.15, -0.1) is 0 Å². The molecule has 1 aromatic rings. The molecule has 0 radical (unpaired) electrons. The van der Waals surface area contributed by atoms with Crippen LogP contribution in [0.5, 0.6) is 0 Å². The molecule has 4 nitrogen and oxygen atoms in total. The number of nitrogens with one attached hydrogen (secondary N) is 1. The zero-order valence-corrected chi connectivity index (χ0v) is 11.3. The van der Waals surface area contributed by atoms with E-state index in [-0.39, 0.29) is 12.3 Å². The maximum atomic E-state index is 5.41. The average molecular weight is 250 g/mol. The van der Waals surface area contributed by atoms with E-state index in [1.807, 2.05) is 19.3 Å². The van der Waals surface area contributed by atoms with Gasteiger partial charge in [-0.25, -0.2) is 0 Å². The first-order valence-corrected chi connectivity index (χ1v) is 6.48. The van der Waals surface area contributed by atoms with Crippen molar-refractivity contribution in [3.8, 4) is 0 Å². The fourth-order valence-electron chi connectivity index (χ4n) is 2.91. The Hall–Kier alpha value is -0.970. The van der Waals surface area contributed by atoms with Gasteiger partial charge in [0.15, 0.2) is 6.29 Å². The van der Waals surface area contributed by atoms with Crippen LogP contribution in [-0.4, -0.2) is 38.6 Å². The normalized spacial score (nSPS) is 20.8. The maximum Gasteiger partial charge on any atom is 0.172 e. The molecule has 0 spiro atoms. The van der Waals surface area contributed by atoms with Gasteiger partial charge < -0.3 is 14.8 Å². The number of methoxy groups -OCH3 is 2. The molecule has 0 saturated carbocycles. The Morgan fingerprint density at radius 3 is 2.83 bits per heavy atom. The van der Waals surface area contributed by atoms with Crippen molar-refractivity contribution >= 4 is 0 Å². The molecule has 0 bridgehead atoms. The van der Waals surface area contributed by atoms with Crippen LogP contribution < -0.4 is 5.32 Å². The number of likely N-dealkylation sites (N-methyl/N-ethyl adjacent to an activating group) is 1. The number of ether oxygens (including phenoxy) is 2. The van der Waals surface area contributed by atoms with Gasteiger partial charge in [0.25, 0.3) is 0 Å². The Balaban J connectivity index is 2.27. The monoisotopic (exact) mass is 250 g/mol. The summed E-state index contributed by atoms with van der Waals surface area (Å²) >= 11 is 0. The van der Waals surface area contributed by atoms with Crippen LogP contribution in [0.2, 0.25) is 0 Å². The van der Waals surface area contributed by atoms with Crippen molar-refractivity contribution in [2.75, 3.05) is 21.3 Å². The van der Waals surface area contributed by atoms with E-state index < -0.39 is 0 Å². The smallest absolute Gasteiger partial charge is 0.172 e. The van der Waals surface area contributed by atoms with Crippen LogP contribution in [0, 0.1) is 0 Å². The highest BCUT2D eigenvalue weighted by atomic mass is 16.7. The Bertz CT molecular complexity index is 380. The standard InChI is InChI=1S/C14H22N2O2/c1-15-13(14(17-2)18-3)11-8-4-6-10-7-5-9-16-12(10)11/h5,7,9,11,13-15H,4,6,8H2,1-3H3. The number of aromatic nitrogens is 1. The molecule has 18 heavy (non-hydrogen) atoms. The zero-order chi connectivity index (χ0) is 13.0. The van der Waals surface area contributed by atoms with Crippen molar-refractivity contribution in [3.63, 3.8) is 0 Å². The number of rotatable bonds is 5. The summed E-state index contributed by atoms with van der Waals surface area (Å²) in [7, 11) is 5.31. The summed E-state index contributed by atoms with van der Waals surface area (Å²) in [6, 6.07) is 4.32. The van der Waals surface area contributed by atoms with Crippen LogP contribution >= 0.6 is 0 Å². The lowest BCUT2D eigenvalue weighted by atomic mass is 9.81. The highest BCUT2D eigenvalue weighted by Gasteiger charge is 2.33. The second kappa shape index (κ2) is 6.27. The minimum absolute atomic E-state index is 0.133. The van der Waals surface area contributed by atoms with Gasteiger partial charge in [0.2, 0.25) is 0 Å². The van der Waals surface area contributed by atoms with E-state index in [2.05, 4.69) is 16.4 Å². The molecule has 0 aliphatic heterocycles. The first-order chi connectivity index (χ1) is 8.81. The van der Waals surface area contributed by atoms with Crippen molar-refractivity contribution in [2.24, 2.45) is 0 Å². The SMILES string of the molecule is CNC(C(OC)OC)C1CCCc2cccnc21. The third-order valence-corrected chi connectivity index (χ3v) is 3.76. The van der Waals surface area contributed by atoms with Crippen LogP contribution in [0.4, 0.5) is 0 Å². The van der Waals surface area contributed by atoms with Gasteiger partial charge >= 0.3 is 0 Å². The number of pyridine rings is 1. The average Bonchev–Trinajstić information content (AvgIpc) is 2.44. The highest BCUT2D eigenvalue weighted by molar-refractivity contribution is 5.27. The number of hydrogen-bond donors (Lipinski definition) is 1. The van der Waals surface area contributed by atoms with E-state index in [1.54, 1.807) is 14.2 Å². The molecule has 1 aromatic heterocycles. The van der Waals surface area contributed by atoms with Crippen LogP contribution in [-0.2, 0) is 15.9 Å². The van der Waals surface area contributed by atoms with Crippen molar-refractivity contribution in [1.82, 2.24) is 10.3 Å². The van der Waals surface area contributed by atoms with Gasteiger partial charge in [-0.1, -0.05) is 6.07 Å². The summed E-state index contributed by atoms with van der Waals surface area (Å²) in [6.45, 7) is 0. The quantitative estimate of drug-likeness (QED) is 0.808. The molecule has 0 saturated heterocycles. The molecule has 1 aliphatic rings. The summed E-state index contributed by atoms with van der Waals surface area (Å²) < 4.78 is 10.8. The van der Waals surface area contributed by atoms with Gasteiger partial charge in [0.05, 0.1) is 6.04 Å². The number of hydrogen-bond acceptors (Lipinski definition) is 4. The Morgan fingerprint density at radius 1 is 1.39 bits per heavy atom. The minimum Gasteiger partial charge on any atom is -0.354 e. The fraction of sp³-hybridized carbons (Fsp3) is 0.643. The van der Waals surface area contributed by atoms with Crippen LogP contribution in [0.1, 0.15) is 30.0 Å². The molecule has 2 rings (SSSR count). The van der Waals surface area contributed by atoms with Crippen molar-refractivity contribution < 1.29 is 9.47 Å². The molecule has 2 unspecified atom stereocenters. The van der Waals surface area contributed by atoms with E-state index in [1.165, 1.54) is 17.7 Å². The molecular weight excluding hydrogens is 228 g/mol. The first-order valence-electron chi connectivity index (χ1n) is 6.48. The lowest BCUT2D eigenvalue weighted by Crippen LogP contribution is -2.45. The summed E-state index contributed by atoms with van der Waals surface area (Å²) in [6.07, 6.45) is 5.08. The maximum absolute atomic E-state index is 5.41.